The fraction of sp³-hybridized carbons (Fsp3) is 0.400. The molecule has 1 amide bonds. The van der Waals surface area contributed by atoms with E-state index in [1.165, 1.54) is 36.7 Å². The van der Waals surface area contributed by atoms with Crippen LogP contribution in [0.25, 0.3) is 0 Å². The van der Waals surface area contributed by atoms with Crippen molar-refractivity contribution in [3.63, 3.8) is 0 Å². The molecule has 0 saturated heterocycles. The maximum atomic E-state index is 11.9. The predicted molar refractivity (Wildman–Crippen MR) is 74.7 cm³/mol. The molecule has 2 rings (SSSR count). The lowest BCUT2D eigenvalue weighted by Crippen LogP contribution is -2.25. The molecule has 1 aromatic rings. The molecule has 5 nitrogen and oxygen atoms in total. The highest BCUT2D eigenvalue weighted by Crippen LogP contribution is 2.19. The number of carbonyl (C=O) groups excluding carboxylic acids is 1. The van der Waals surface area contributed by atoms with E-state index in [4.69, 9.17) is 5.11 Å². The number of carboxylic acids is 1. The van der Waals surface area contributed by atoms with Gasteiger partial charge < -0.3 is 10.4 Å². The summed E-state index contributed by atoms with van der Waals surface area (Å²) in [6.07, 6.45) is 9.19. The van der Waals surface area contributed by atoms with Crippen molar-refractivity contribution < 1.29 is 14.7 Å². The maximum Gasteiger partial charge on any atom is 0.354 e. The third-order valence-corrected chi connectivity index (χ3v) is 3.36. The fourth-order valence-corrected chi connectivity index (χ4v) is 2.26. The van der Waals surface area contributed by atoms with Gasteiger partial charge in [-0.15, -0.1) is 0 Å². The smallest absolute Gasteiger partial charge is 0.354 e. The summed E-state index contributed by atoms with van der Waals surface area (Å²) < 4.78 is 0. The molecular weight excluding hydrogens is 256 g/mol. The van der Waals surface area contributed by atoms with Gasteiger partial charge in [0.15, 0.2) is 0 Å². The Morgan fingerprint density at radius 2 is 2.20 bits per heavy atom. The van der Waals surface area contributed by atoms with Crippen molar-refractivity contribution in [1.82, 2.24) is 10.3 Å². The molecular formula is C15H18N2O3. The van der Waals surface area contributed by atoms with Crippen molar-refractivity contribution in [2.45, 2.75) is 32.1 Å². The lowest BCUT2D eigenvalue weighted by molar-refractivity contribution is 0.0690. The van der Waals surface area contributed by atoms with E-state index >= 15 is 0 Å². The SMILES string of the molecule is O=C(NCCC1=CCCCC1)c1ccnc(C(=O)O)c1. The molecule has 0 saturated carbocycles. The van der Waals surface area contributed by atoms with Crippen LogP contribution in [0.15, 0.2) is 30.0 Å². The van der Waals surface area contributed by atoms with E-state index < -0.39 is 5.97 Å². The molecule has 1 aromatic heterocycles. The van der Waals surface area contributed by atoms with Gasteiger partial charge in [0.25, 0.3) is 5.91 Å². The van der Waals surface area contributed by atoms with E-state index in [1.54, 1.807) is 0 Å². The summed E-state index contributed by atoms with van der Waals surface area (Å²) in [7, 11) is 0. The first-order valence-corrected chi connectivity index (χ1v) is 6.82. The van der Waals surface area contributed by atoms with E-state index in [2.05, 4.69) is 16.4 Å². The van der Waals surface area contributed by atoms with Crippen LogP contribution in [0, 0.1) is 0 Å². The minimum Gasteiger partial charge on any atom is -0.477 e. The third kappa shape index (κ3) is 3.91. The topological polar surface area (TPSA) is 79.3 Å². The Morgan fingerprint density at radius 1 is 1.35 bits per heavy atom. The molecule has 0 bridgehead atoms. The van der Waals surface area contributed by atoms with Crippen LogP contribution in [-0.4, -0.2) is 28.5 Å². The molecule has 1 aliphatic rings. The number of hydrogen-bond donors (Lipinski definition) is 2. The van der Waals surface area contributed by atoms with Gasteiger partial charge in [0.2, 0.25) is 0 Å². The van der Waals surface area contributed by atoms with Gasteiger partial charge in [0.05, 0.1) is 0 Å². The first-order valence-electron chi connectivity index (χ1n) is 6.82. The third-order valence-electron chi connectivity index (χ3n) is 3.36. The van der Waals surface area contributed by atoms with Crippen LogP contribution in [-0.2, 0) is 0 Å². The van der Waals surface area contributed by atoms with Crippen molar-refractivity contribution in [2.75, 3.05) is 6.54 Å². The first kappa shape index (κ1) is 14.2. The minimum atomic E-state index is -1.13. The lowest BCUT2D eigenvalue weighted by Gasteiger charge is -2.13. The normalized spacial score (nSPS) is 14.5. The summed E-state index contributed by atoms with van der Waals surface area (Å²) in [5.74, 6) is -1.39. The molecule has 0 radical (unpaired) electrons. The number of amides is 1. The zero-order valence-electron chi connectivity index (χ0n) is 11.3. The van der Waals surface area contributed by atoms with Gasteiger partial charge in [-0.2, -0.15) is 0 Å². The Bertz CT molecular complexity index is 538. The van der Waals surface area contributed by atoms with E-state index in [1.807, 2.05) is 0 Å². The molecule has 1 aliphatic carbocycles. The molecule has 20 heavy (non-hydrogen) atoms. The minimum absolute atomic E-state index is 0.118. The number of allylic oxidation sites excluding steroid dienone is 1. The van der Waals surface area contributed by atoms with Gasteiger partial charge in [-0.05, 0) is 44.2 Å². The zero-order chi connectivity index (χ0) is 14.4. The number of aromatic carboxylic acids is 1. The van der Waals surface area contributed by atoms with Crippen LogP contribution in [0.1, 0.15) is 53.0 Å². The van der Waals surface area contributed by atoms with E-state index in [0.717, 1.165) is 19.3 Å². The maximum absolute atomic E-state index is 11.9. The highest BCUT2D eigenvalue weighted by molar-refractivity contribution is 5.96. The zero-order valence-corrected chi connectivity index (χ0v) is 11.3. The van der Waals surface area contributed by atoms with Crippen molar-refractivity contribution in [3.8, 4) is 0 Å². The molecule has 0 fully saturated rings. The molecule has 0 aliphatic heterocycles. The van der Waals surface area contributed by atoms with Crippen molar-refractivity contribution in [3.05, 3.63) is 41.2 Å². The average Bonchev–Trinajstić information content (AvgIpc) is 2.48. The summed E-state index contributed by atoms with van der Waals surface area (Å²) in [5, 5.41) is 11.6. The fourth-order valence-electron chi connectivity index (χ4n) is 2.26. The Morgan fingerprint density at radius 3 is 2.90 bits per heavy atom. The molecule has 5 heteroatoms. The quantitative estimate of drug-likeness (QED) is 0.808. The highest BCUT2D eigenvalue weighted by Gasteiger charge is 2.10. The number of pyridine rings is 1. The number of nitrogens with one attached hydrogen (secondary N) is 1. The Labute approximate surface area is 117 Å². The number of aromatic nitrogens is 1. The van der Waals surface area contributed by atoms with Gasteiger partial charge in [-0.3, -0.25) is 4.79 Å². The standard InChI is InChI=1S/C15H18N2O3/c18-14(12-7-9-16-13(10-12)15(19)20)17-8-6-11-4-2-1-3-5-11/h4,7,9-10H,1-3,5-6,8H2,(H,17,18)(H,19,20). The van der Waals surface area contributed by atoms with Gasteiger partial charge in [0.1, 0.15) is 5.69 Å². The van der Waals surface area contributed by atoms with Crippen LogP contribution < -0.4 is 5.32 Å². The van der Waals surface area contributed by atoms with Crippen molar-refractivity contribution >= 4 is 11.9 Å². The second kappa shape index (κ2) is 6.84. The first-order chi connectivity index (χ1) is 9.66. The van der Waals surface area contributed by atoms with Gasteiger partial charge in [-0.1, -0.05) is 11.6 Å². The van der Waals surface area contributed by atoms with E-state index in [0.29, 0.717) is 12.1 Å². The summed E-state index contributed by atoms with van der Waals surface area (Å²) in [6.45, 7) is 0.579. The molecule has 0 aromatic carbocycles. The number of nitrogens with zero attached hydrogens (tertiary/aromatic N) is 1. The summed E-state index contributed by atoms with van der Waals surface area (Å²) in [4.78, 5) is 26.4. The Hall–Kier alpha value is -2.17. The van der Waals surface area contributed by atoms with Crippen molar-refractivity contribution in [1.29, 1.82) is 0 Å². The summed E-state index contributed by atoms with van der Waals surface area (Å²) >= 11 is 0. The second-order valence-corrected chi connectivity index (χ2v) is 4.85. The molecule has 106 valence electrons. The average molecular weight is 274 g/mol. The number of carboxylic acid groups (broad SMARTS) is 1. The Balaban J connectivity index is 1.86. The van der Waals surface area contributed by atoms with E-state index in [9.17, 15) is 9.59 Å². The number of hydrogen-bond acceptors (Lipinski definition) is 3. The highest BCUT2D eigenvalue weighted by atomic mass is 16.4. The van der Waals surface area contributed by atoms with Gasteiger partial charge >= 0.3 is 5.97 Å². The summed E-state index contributed by atoms with van der Waals surface area (Å²) in [6, 6.07) is 2.80. The summed E-state index contributed by atoms with van der Waals surface area (Å²) in [5.41, 5.74) is 1.61. The van der Waals surface area contributed by atoms with Crippen LogP contribution in [0.5, 0.6) is 0 Å². The van der Waals surface area contributed by atoms with Crippen LogP contribution >= 0.6 is 0 Å². The van der Waals surface area contributed by atoms with Crippen LogP contribution in [0.4, 0.5) is 0 Å². The van der Waals surface area contributed by atoms with Crippen molar-refractivity contribution in [2.24, 2.45) is 0 Å². The van der Waals surface area contributed by atoms with Gasteiger partial charge in [0, 0.05) is 18.3 Å². The lowest BCUT2D eigenvalue weighted by atomic mass is 9.97. The largest absolute Gasteiger partial charge is 0.477 e. The molecule has 1 heterocycles. The number of rotatable bonds is 5. The molecule has 2 N–H and O–H groups in total. The Kier molecular flexibility index (Phi) is 4.87. The van der Waals surface area contributed by atoms with E-state index in [-0.39, 0.29) is 11.6 Å². The van der Waals surface area contributed by atoms with Crippen LogP contribution in [0.2, 0.25) is 0 Å². The molecule has 0 unspecified atom stereocenters. The van der Waals surface area contributed by atoms with Gasteiger partial charge in [-0.25, -0.2) is 9.78 Å². The second-order valence-electron chi connectivity index (χ2n) is 4.85. The monoisotopic (exact) mass is 274 g/mol. The van der Waals surface area contributed by atoms with Crippen LogP contribution in [0.3, 0.4) is 0 Å². The predicted octanol–water partition coefficient (Wildman–Crippen LogP) is 2.40. The number of carbonyl (C=O) groups is 2. The molecule has 0 spiro atoms. The molecule has 0 atom stereocenters.